The number of amides is 2. The van der Waals surface area contributed by atoms with Gasteiger partial charge in [0.15, 0.2) is 0 Å². The number of hydrogen-bond donors (Lipinski definition) is 0. The van der Waals surface area contributed by atoms with Crippen molar-refractivity contribution >= 4 is 12.0 Å². The molecule has 0 spiro atoms. The predicted octanol–water partition coefficient (Wildman–Crippen LogP) is 1.65. The van der Waals surface area contributed by atoms with Crippen LogP contribution < -0.4 is 0 Å². The van der Waals surface area contributed by atoms with Gasteiger partial charge in [0, 0.05) is 51.2 Å². The Morgan fingerprint density at radius 3 is 2.12 bits per heavy atom. The molecule has 6 heteroatoms. The van der Waals surface area contributed by atoms with E-state index in [0.717, 1.165) is 52.1 Å². The summed E-state index contributed by atoms with van der Waals surface area (Å²) in [5.74, 6) is 1.79. The molecule has 1 saturated carbocycles. The number of piperidine rings is 2. The molecule has 1 aliphatic carbocycles. The van der Waals surface area contributed by atoms with Crippen molar-refractivity contribution in [2.24, 2.45) is 17.8 Å². The molecule has 2 unspecified atom stereocenters. The van der Waals surface area contributed by atoms with Gasteiger partial charge in [-0.05, 0) is 45.4 Å². The van der Waals surface area contributed by atoms with Crippen molar-refractivity contribution in [3.63, 3.8) is 0 Å². The van der Waals surface area contributed by atoms with Crippen LogP contribution in [0.1, 0.15) is 33.6 Å². The highest BCUT2D eigenvalue weighted by Gasteiger charge is 2.60. The molecule has 136 valence electrons. The van der Waals surface area contributed by atoms with E-state index in [9.17, 15) is 9.59 Å². The van der Waals surface area contributed by atoms with Crippen LogP contribution in [-0.2, 0) is 9.53 Å². The molecular weight excluding hydrogens is 306 g/mol. The average molecular weight is 337 g/mol. The zero-order valence-corrected chi connectivity index (χ0v) is 15.2. The summed E-state index contributed by atoms with van der Waals surface area (Å²) in [7, 11) is 0. The standard InChI is InChI=1S/C18H31N3O3/c1-4-19(5-2)17(22)16-14-11-21(12-15(14)16)13-7-9-20(10-8-13)18(23)24-6-3/h13-16H,4-12H2,1-3H3. The molecule has 24 heavy (non-hydrogen) atoms. The quantitative estimate of drug-likeness (QED) is 0.765. The number of carbonyl (C=O) groups excluding carboxylic acids is 2. The fraction of sp³-hybridized carbons (Fsp3) is 0.889. The van der Waals surface area contributed by atoms with Crippen molar-refractivity contribution in [2.45, 2.75) is 39.7 Å². The van der Waals surface area contributed by atoms with Crippen LogP contribution in [0.2, 0.25) is 0 Å². The Balaban J connectivity index is 1.44. The van der Waals surface area contributed by atoms with Crippen LogP contribution in [-0.4, -0.2) is 78.6 Å². The van der Waals surface area contributed by atoms with Gasteiger partial charge in [-0.1, -0.05) is 0 Å². The lowest BCUT2D eigenvalue weighted by atomic mass is 10.0. The summed E-state index contributed by atoms with van der Waals surface area (Å²) in [6.07, 6.45) is 1.87. The molecule has 0 aromatic heterocycles. The third kappa shape index (κ3) is 3.25. The van der Waals surface area contributed by atoms with E-state index in [1.54, 1.807) is 0 Å². The minimum absolute atomic E-state index is 0.176. The Labute approximate surface area is 145 Å². The van der Waals surface area contributed by atoms with Crippen molar-refractivity contribution in [1.82, 2.24) is 14.7 Å². The van der Waals surface area contributed by atoms with Crippen LogP contribution in [0.4, 0.5) is 4.79 Å². The molecule has 3 fully saturated rings. The highest BCUT2D eigenvalue weighted by atomic mass is 16.6. The van der Waals surface area contributed by atoms with Gasteiger partial charge < -0.3 is 14.5 Å². The molecule has 0 N–H and O–H groups in total. The minimum Gasteiger partial charge on any atom is -0.450 e. The van der Waals surface area contributed by atoms with E-state index in [1.807, 2.05) is 16.7 Å². The predicted molar refractivity (Wildman–Crippen MR) is 91.6 cm³/mol. The van der Waals surface area contributed by atoms with Gasteiger partial charge in [-0.15, -0.1) is 0 Å². The van der Waals surface area contributed by atoms with Crippen molar-refractivity contribution in [2.75, 3.05) is 45.9 Å². The van der Waals surface area contributed by atoms with Gasteiger partial charge in [-0.2, -0.15) is 0 Å². The third-order valence-corrected chi connectivity index (χ3v) is 6.09. The molecule has 0 radical (unpaired) electrons. The van der Waals surface area contributed by atoms with Crippen molar-refractivity contribution in [3.8, 4) is 0 Å². The second-order valence-corrected chi connectivity index (χ2v) is 7.24. The normalized spacial score (nSPS) is 30.1. The molecule has 2 heterocycles. The monoisotopic (exact) mass is 337 g/mol. The maximum Gasteiger partial charge on any atom is 0.409 e. The number of carbonyl (C=O) groups is 2. The van der Waals surface area contributed by atoms with Gasteiger partial charge in [0.2, 0.25) is 5.91 Å². The highest BCUT2D eigenvalue weighted by molar-refractivity contribution is 5.82. The summed E-state index contributed by atoms with van der Waals surface area (Å²) in [4.78, 5) is 30.6. The molecule has 0 aromatic rings. The summed E-state index contributed by atoms with van der Waals surface area (Å²) in [6.45, 7) is 11.7. The second kappa shape index (κ2) is 7.30. The van der Waals surface area contributed by atoms with E-state index >= 15 is 0 Å². The van der Waals surface area contributed by atoms with E-state index in [-0.39, 0.29) is 12.0 Å². The maximum absolute atomic E-state index is 12.5. The highest BCUT2D eigenvalue weighted by Crippen LogP contribution is 2.53. The number of ether oxygens (including phenoxy) is 1. The van der Waals surface area contributed by atoms with Crippen LogP contribution in [0.3, 0.4) is 0 Å². The Morgan fingerprint density at radius 1 is 1.04 bits per heavy atom. The van der Waals surface area contributed by atoms with Crippen LogP contribution in [0.15, 0.2) is 0 Å². The molecular formula is C18H31N3O3. The van der Waals surface area contributed by atoms with Crippen LogP contribution in [0, 0.1) is 17.8 Å². The van der Waals surface area contributed by atoms with E-state index in [4.69, 9.17) is 4.74 Å². The first kappa shape index (κ1) is 17.5. The molecule has 3 aliphatic rings. The summed E-state index contributed by atoms with van der Waals surface area (Å²) in [5, 5.41) is 0. The number of hydrogen-bond acceptors (Lipinski definition) is 4. The Bertz CT molecular complexity index is 460. The van der Waals surface area contributed by atoms with E-state index in [2.05, 4.69) is 18.7 Å². The number of fused-ring (bicyclic) bond motifs is 1. The molecule has 2 aliphatic heterocycles. The molecule has 2 atom stereocenters. The van der Waals surface area contributed by atoms with Crippen LogP contribution in [0.5, 0.6) is 0 Å². The average Bonchev–Trinajstić information content (AvgIpc) is 3.10. The lowest BCUT2D eigenvalue weighted by Gasteiger charge is -2.37. The first-order valence-electron chi connectivity index (χ1n) is 9.55. The fourth-order valence-electron chi connectivity index (χ4n) is 4.60. The third-order valence-electron chi connectivity index (χ3n) is 6.09. The Hall–Kier alpha value is -1.30. The smallest absolute Gasteiger partial charge is 0.409 e. The van der Waals surface area contributed by atoms with Gasteiger partial charge in [-0.25, -0.2) is 4.79 Å². The van der Waals surface area contributed by atoms with Crippen molar-refractivity contribution in [3.05, 3.63) is 0 Å². The van der Waals surface area contributed by atoms with E-state index < -0.39 is 0 Å². The lowest BCUT2D eigenvalue weighted by molar-refractivity contribution is -0.133. The van der Waals surface area contributed by atoms with Gasteiger partial charge >= 0.3 is 6.09 Å². The minimum atomic E-state index is -0.176. The zero-order valence-electron chi connectivity index (χ0n) is 15.2. The number of rotatable bonds is 5. The molecule has 2 amide bonds. The Kier molecular flexibility index (Phi) is 5.33. The zero-order chi connectivity index (χ0) is 17.3. The van der Waals surface area contributed by atoms with E-state index in [1.165, 1.54) is 0 Å². The summed E-state index contributed by atoms with van der Waals surface area (Å²) in [6, 6.07) is 0.563. The number of likely N-dealkylation sites (tertiary alicyclic amines) is 2. The second-order valence-electron chi connectivity index (χ2n) is 7.24. The first-order chi connectivity index (χ1) is 11.6. The van der Waals surface area contributed by atoms with Gasteiger partial charge in [0.25, 0.3) is 0 Å². The largest absolute Gasteiger partial charge is 0.450 e. The van der Waals surface area contributed by atoms with Gasteiger partial charge in [0.1, 0.15) is 0 Å². The van der Waals surface area contributed by atoms with Crippen LogP contribution >= 0.6 is 0 Å². The van der Waals surface area contributed by atoms with Gasteiger partial charge in [-0.3, -0.25) is 9.69 Å². The first-order valence-corrected chi connectivity index (χ1v) is 9.55. The maximum atomic E-state index is 12.5. The lowest BCUT2D eigenvalue weighted by Crippen LogP contribution is -2.47. The van der Waals surface area contributed by atoms with Crippen LogP contribution in [0.25, 0.3) is 0 Å². The van der Waals surface area contributed by atoms with E-state index in [0.29, 0.717) is 30.4 Å². The summed E-state index contributed by atoms with van der Waals surface area (Å²) < 4.78 is 5.08. The molecule has 6 nitrogen and oxygen atoms in total. The SMILES string of the molecule is CCOC(=O)N1CCC(N2CC3C(C2)C3C(=O)N(CC)CC)CC1. The van der Waals surface area contributed by atoms with Gasteiger partial charge in [0.05, 0.1) is 6.61 Å². The van der Waals surface area contributed by atoms with Crippen molar-refractivity contribution in [1.29, 1.82) is 0 Å². The molecule has 3 rings (SSSR count). The molecule has 2 saturated heterocycles. The van der Waals surface area contributed by atoms with Crippen molar-refractivity contribution < 1.29 is 14.3 Å². The number of nitrogens with zero attached hydrogens (tertiary/aromatic N) is 3. The molecule has 0 aromatic carbocycles. The summed E-state index contributed by atoms with van der Waals surface area (Å²) >= 11 is 0. The molecule has 0 bridgehead atoms. The summed E-state index contributed by atoms with van der Waals surface area (Å²) in [5.41, 5.74) is 0. The topological polar surface area (TPSA) is 53.1 Å². The fourth-order valence-corrected chi connectivity index (χ4v) is 4.60. The Morgan fingerprint density at radius 2 is 1.62 bits per heavy atom.